The van der Waals surface area contributed by atoms with Gasteiger partial charge in [-0.25, -0.2) is 0 Å². The number of thioether (sulfide) groups is 1. The van der Waals surface area contributed by atoms with Gasteiger partial charge in [-0.05, 0) is 49.2 Å². The fraction of sp³-hybridized carbons (Fsp3) is 0.400. The number of phenolic OH excluding ortho intramolecular Hbond substituents is 1. The van der Waals surface area contributed by atoms with Crippen LogP contribution in [-0.4, -0.2) is 70.5 Å². The van der Waals surface area contributed by atoms with Crippen LogP contribution in [-0.2, 0) is 20.8 Å². The molecule has 2 aliphatic heterocycles. The molecule has 0 saturated carbocycles. The standard InChI is InChI=1S/C25H29N5O4S/c31-19-9-7-18(8-10-19)24-27-28-25(30(24)16-20-4-3-13-34-20)35-17-23(32)26-21-5-1-2-6-22(21)29-11-14-33-15-12-29/h1-2,5-10,20,31H,3-4,11-17H2,(H,26,32)/t20-/m1/s1. The van der Waals surface area contributed by atoms with Crippen LogP contribution >= 0.6 is 11.8 Å². The number of phenols is 1. The Morgan fingerprint density at radius 2 is 1.89 bits per heavy atom. The Balaban J connectivity index is 1.29. The number of nitrogens with zero attached hydrogens (tertiary/aromatic N) is 4. The monoisotopic (exact) mass is 495 g/mol. The Kier molecular flexibility index (Phi) is 7.51. The maximum absolute atomic E-state index is 12.9. The van der Waals surface area contributed by atoms with Gasteiger partial charge in [-0.3, -0.25) is 9.36 Å². The molecule has 9 nitrogen and oxygen atoms in total. The van der Waals surface area contributed by atoms with Crippen molar-refractivity contribution in [3.63, 3.8) is 0 Å². The number of amides is 1. The molecule has 3 aromatic rings. The van der Waals surface area contributed by atoms with E-state index in [1.807, 2.05) is 41.0 Å². The summed E-state index contributed by atoms with van der Waals surface area (Å²) in [6.07, 6.45) is 2.11. The van der Waals surface area contributed by atoms with Crippen molar-refractivity contribution in [1.29, 1.82) is 0 Å². The SMILES string of the molecule is O=C(CSc1nnc(-c2ccc(O)cc2)n1C[C@H]1CCCO1)Nc1ccccc1N1CCOCC1. The Morgan fingerprint density at radius 3 is 2.66 bits per heavy atom. The summed E-state index contributed by atoms with van der Waals surface area (Å²) in [4.78, 5) is 15.1. The van der Waals surface area contributed by atoms with Crippen molar-refractivity contribution in [2.24, 2.45) is 0 Å². The molecule has 0 radical (unpaired) electrons. The molecular formula is C25H29N5O4S. The number of hydrogen-bond donors (Lipinski definition) is 2. The molecule has 0 aliphatic carbocycles. The topological polar surface area (TPSA) is 102 Å². The Morgan fingerprint density at radius 1 is 1.09 bits per heavy atom. The second kappa shape index (κ2) is 11.1. The van der Waals surface area contributed by atoms with Crippen molar-refractivity contribution in [3.8, 4) is 17.1 Å². The van der Waals surface area contributed by atoms with E-state index in [0.29, 0.717) is 30.7 Å². The lowest BCUT2D eigenvalue weighted by Gasteiger charge is -2.30. The third kappa shape index (κ3) is 5.77. The molecule has 3 heterocycles. The average Bonchev–Trinajstić information content (AvgIpc) is 3.55. The van der Waals surface area contributed by atoms with E-state index in [4.69, 9.17) is 9.47 Å². The molecule has 0 unspecified atom stereocenters. The smallest absolute Gasteiger partial charge is 0.234 e. The Labute approximate surface area is 208 Å². The van der Waals surface area contributed by atoms with Crippen LogP contribution in [0.4, 0.5) is 11.4 Å². The van der Waals surface area contributed by atoms with Crippen LogP contribution in [0.25, 0.3) is 11.4 Å². The third-order valence-electron chi connectivity index (χ3n) is 6.11. The van der Waals surface area contributed by atoms with Gasteiger partial charge in [0, 0.05) is 25.3 Å². The van der Waals surface area contributed by atoms with Crippen molar-refractivity contribution in [3.05, 3.63) is 48.5 Å². The molecule has 0 spiro atoms. The highest BCUT2D eigenvalue weighted by Crippen LogP contribution is 2.29. The van der Waals surface area contributed by atoms with Crippen molar-refractivity contribution in [2.75, 3.05) is 48.9 Å². The molecule has 1 aromatic heterocycles. The predicted molar refractivity (Wildman–Crippen MR) is 135 cm³/mol. The molecule has 2 saturated heterocycles. The fourth-order valence-corrected chi connectivity index (χ4v) is 5.10. The van der Waals surface area contributed by atoms with E-state index in [1.54, 1.807) is 12.1 Å². The number of morpholine rings is 1. The van der Waals surface area contributed by atoms with Crippen molar-refractivity contribution in [2.45, 2.75) is 30.6 Å². The maximum atomic E-state index is 12.9. The predicted octanol–water partition coefficient (Wildman–Crippen LogP) is 3.40. The van der Waals surface area contributed by atoms with Crippen LogP contribution in [0.15, 0.2) is 53.7 Å². The summed E-state index contributed by atoms with van der Waals surface area (Å²) in [5, 5.41) is 22.2. The largest absolute Gasteiger partial charge is 0.508 e. The number of aromatic hydroxyl groups is 1. The minimum Gasteiger partial charge on any atom is -0.508 e. The van der Waals surface area contributed by atoms with Gasteiger partial charge in [0.15, 0.2) is 11.0 Å². The molecule has 2 fully saturated rings. The van der Waals surface area contributed by atoms with Gasteiger partial charge < -0.3 is 24.8 Å². The first-order valence-electron chi connectivity index (χ1n) is 11.9. The highest BCUT2D eigenvalue weighted by atomic mass is 32.2. The number of rotatable bonds is 8. The van der Waals surface area contributed by atoms with E-state index in [1.165, 1.54) is 11.8 Å². The summed E-state index contributed by atoms with van der Waals surface area (Å²) < 4.78 is 13.3. The number of carbonyl (C=O) groups excluding carboxylic acids is 1. The zero-order valence-electron chi connectivity index (χ0n) is 19.4. The van der Waals surface area contributed by atoms with Crippen LogP contribution in [0.2, 0.25) is 0 Å². The van der Waals surface area contributed by atoms with Crippen LogP contribution in [0.1, 0.15) is 12.8 Å². The summed E-state index contributed by atoms with van der Waals surface area (Å²) >= 11 is 1.36. The van der Waals surface area contributed by atoms with Gasteiger partial charge in [0.05, 0.1) is 43.0 Å². The van der Waals surface area contributed by atoms with E-state index < -0.39 is 0 Å². The normalized spacial score (nSPS) is 18.1. The summed E-state index contributed by atoms with van der Waals surface area (Å²) in [6.45, 7) is 4.34. The number of nitrogens with one attached hydrogen (secondary N) is 1. The average molecular weight is 496 g/mol. The van der Waals surface area contributed by atoms with E-state index in [2.05, 4.69) is 20.4 Å². The number of para-hydroxylation sites is 2. The second-order valence-electron chi connectivity index (χ2n) is 8.55. The van der Waals surface area contributed by atoms with Gasteiger partial charge in [-0.1, -0.05) is 23.9 Å². The van der Waals surface area contributed by atoms with Crippen molar-refractivity contribution >= 4 is 29.0 Å². The lowest BCUT2D eigenvalue weighted by Crippen LogP contribution is -2.36. The molecule has 2 N–H and O–H groups in total. The summed E-state index contributed by atoms with van der Waals surface area (Å²) in [7, 11) is 0. The van der Waals surface area contributed by atoms with E-state index in [0.717, 1.165) is 49.5 Å². The van der Waals surface area contributed by atoms with Crippen molar-refractivity contribution in [1.82, 2.24) is 14.8 Å². The van der Waals surface area contributed by atoms with Crippen molar-refractivity contribution < 1.29 is 19.4 Å². The van der Waals surface area contributed by atoms with Gasteiger partial charge in [0.1, 0.15) is 5.75 Å². The molecule has 2 aliphatic rings. The molecule has 1 atom stereocenters. The minimum atomic E-state index is -0.103. The quantitative estimate of drug-likeness (QED) is 0.459. The highest BCUT2D eigenvalue weighted by molar-refractivity contribution is 7.99. The van der Waals surface area contributed by atoms with Crippen LogP contribution in [0.3, 0.4) is 0 Å². The molecule has 0 bridgehead atoms. The first-order valence-corrected chi connectivity index (χ1v) is 12.8. The molecule has 5 rings (SSSR count). The molecular weight excluding hydrogens is 466 g/mol. The van der Waals surface area contributed by atoms with E-state index in [9.17, 15) is 9.90 Å². The summed E-state index contributed by atoms with van der Waals surface area (Å²) in [6, 6.07) is 14.7. The summed E-state index contributed by atoms with van der Waals surface area (Å²) in [5.41, 5.74) is 2.65. The zero-order chi connectivity index (χ0) is 24.0. The number of carbonyl (C=O) groups is 1. The lowest BCUT2D eigenvalue weighted by atomic mass is 10.2. The minimum absolute atomic E-state index is 0.0930. The summed E-state index contributed by atoms with van der Waals surface area (Å²) in [5.74, 6) is 0.994. The van der Waals surface area contributed by atoms with Crippen LogP contribution < -0.4 is 10.2 Å². The van der Waals surface area contributed by atoms with E-state index >= 15 is 0 Å². The third-order valence-corrected chi connectivity index (χ3v) is 7.08. The van der Waals surface area contributed by atoms with Crippen LogP contribution in [0.5, 0.6) is 5.75 Å². The highest BCUT2D eigenvalue weighted by Gasteiger charge is 2.23. The van der Waals surface area contributed by atoms with Gasteiger partial charge >= 0.3 is 0 Å². The molecule has 10 heteroatoms. The first-order chi connectivity index (χ1) is 17.2. The second-order valence-corrected chi connectivity index (χ2v) is 9.49. The van der Waals surface area contributed by atoms with E-state index in [-0.39, 0.29) is 23.5 Å². The number of benzene rings is 2. The molecule has 1 amide bonds. The Bertz CT molecular complexity index is 1140. The fourth-order valence-electron chi connectivity index (χ4n) is 4.35. The lowest BCUT2D eigenvalue weighted by molar-refractivity contribution is -0.113. The number of aromatic nitrogens is 3. The molecule has 184 valence electrons. The maximum Gasteiger partial charge on any atom is 0.234 e. The first kappa shape index (κ1) is 23.7. The number of hydrogen-bond acceptors (Lipinski definition) is 8. The van der Waals surface area contributed by atoms with Gasteiger partial charge in [-0.15, -0.1) is 10.2 Å². The molecule has 2 aromatic carbocycles. The van der Waals surface area contributed by atoms with Gasteiger partial charge in [-0.2, -0.15) is 0 Å². The van der Waals surface area contributed by atoms with Crippen LogP contribution in [0, 0.1) is 0 Å². The van der Waals surface area contributed by atoms with Gasteiger partial charge in [0.2, 0.25) is 5.91 Å². The molecule has 35 heavy (non-hydrogen) atoms. The number of anilines is 2. The Hall–Kier alpha value is -3.08. The number of ether oxygens (including phenoxy) is 2. The van der Waals surface area contributed by atoms with Gasteiger partial charge in [0.25, 0.3) is 0 Å². The zero-order valence-corrected chi connectivity index (χ0v) is 20.2.